The summed E-state index contributed by atoms with van der Waals surface area (Å²) in [6.45, 7) is 4.24. The number of rotatable bonds is 4. The Hall–Kier alpha value is -1.39. The van der Waals surface area contributed by atoms with E-state index in [1.807, 2.05) is 24.3 Å². The molecule has 0 spiro atoms. The highest BCUT2D eigenvalue weighted by Crippen LogP contribution is 2.17. The molecular weight excluding hydrogens is 344 g/mol. The molecule has 0 saturated carbocycles. The van der Waals surface area contributed by atoms with Gasteiger partial charge in [0.15, 0.2) is 5.11 Å². The van der Waals surface area contributed by atoms with E-state index >= 15 is 0 Å². The predicted molar refractivity (Wildman–Crippen MR) is 97.7 cm³/mol. The van der Waals surface area contributed by atoms with Crippen molar-refractivity contribution in [2.45, 2.75) is 26.3 Å². The van der Waals surface area contributed by atoms with Gasteiger partial charge in [0.2, 0.25) is 0 Å². The number of thiocarbonyl (C=S) groups is 1. The Kier molecular flexibility index (Phi) is 5.76. The Morgan fingerprint density at radius 1 is 1.19 bits per heavy atom. The van der Waals surface area contributed by atoms with Crippen molar-refractivity contribution in [3.63, 3.8) is 0 Å². The van der Waals surface area contributed by atoms with Crippen LogP contribution in [0, 0.1) is 0 Å². The van der Waals surface area contributed by atoms with Crippen molar-refractivity contribution in [3.05, 3.63) is 64.1 Å². The Morgan fingerprint density at radius 3 is 2.57 bits per heavy atom. The molecule has 0 aliphatic rings. The molecule has 0 aliphatic heterocycles. The maximum Gasteiger partial charge on any atom is 0.171 e. The Labute approximate surface area is 140 Å². The molecule has 0 radical (unpaired) electrons. The van der Waals surface area contributed by atoms with Crippen LogP contribution in [0.5, 0.6) is 0 Å². The van der Waals surface area contributed by atoms with Crippen LogP contribution in [0.1, 0.15) is 31.0 Å². The van der Waals surface area contributed by atoms with Gasteiger partial charge in [0.05, 0.1) is 6.04 Å². The molecule has 0 heterocycles. The van der Waals surface area contributed by atoms with Crippen LogP contribution >= 0.6 is 28.1 Å². The van der Waals surface area contributed by atoms with E-state index in [9.17, 15) is 0 Å². The molecule has 0 fully saturated rings. The Morgan fingerprint density at radius 2 is 1.90 bits per heavy atom. The first-order valence-electron chi connectivity index (χ1n) is 7.00. The fourth-order valence-electron chi connectivity index (χ4n) is 2.07. The van der Waals surface area contributed by atoms with Crippen molar-refractivity contribution < 1.29 is 0 Å². The van der Waals surface area contributed by atoms with E-state index in [4.69, 9.17) is 12.2 Å². The highest BCUT2D eigenvalue weighted by molar-refractivity contribution is 9.10. The maximum atomic E-state index is 5.39. The minimum Gasteiger partial charge on any atom is -0.356 e. The van der Waals surface area contributed by atoms with Crippen molar-refractivity contribution in [3.8, 4) is 0 Å². The molecule has 4 heteroatoms. The van der Waals surface area contributed by atoms with Gasteiger partial charge in [-0.1, -0.05) is 47.1 Å². The number of halogens is 1. The summed E-state index contributed by atoms with van der Waals surface area (Å²) >= 11 is 8.83. The minimum atomic E-state index is 0.160. The van der Waals surface area contributed by atoms with Gasteiger partial charge in [-0.2, -0.15) is 0 Å². The van der Waals surface area contributed by atoms with E-state index < -0.39 is 0 Å². The molecule has 0 bridgehead atoms. The summed E-state index contributed by atoms with van der Waals surface area (Å²) in [6, 6.07) is 16.7. The number of aryl methyl sites for hydroxylation is 1. The summed E-state index contributed by atoms with van der Waals surface area (Å²) in [5.41, 5.74) is 3.52. The van der Waals surface area contributed by atoms with E-state index in [-0.39, 0.29) is 6.04 Å². The SMILES string of the molecule is CCc1cccc(NC(=S)N[C@H](C)c2ccc(Br)cc2)c1. The Bertz CT molecular complexity index is 610. The molecule has 0 amide bonds. The molecule has 110 valence electrons. The Balaban J connectivity index is 1.96. The fraction of sp³-hybridized carbons (Fsp3) is 0.235. The first-order valence-corrected chi connectivity index (χ1v) is 8.20. The van der Waals surface area contributed by atoms with E-state index in [0.29, 0.717) is 5.11 Å². The average Bonchev–Trinajstić information content (AvgIpc) is 2.47. The lowest BCUT2D eigenvalue weighted by Gasteiger charge is -2.17. The number of hydrogen-bond donors (Lipinski definition) is 2. The highest BCUT2D eigenvalue weighted by atomic mass is 79.9. The molecule has 0 unspecified atom stereocenters. The van der Waals surface area contributed by atoms with Gasteiger partial charge in [-0.25, -0.2) is 0 Å². The second-order valence-electron chi connectivity index (χ2n) is 4.93. The van der Waals surface area contributed by atoms with Gasteiger partial charge in [-0.05, 0) is 61.0 Å². The lowest BCUT2D eigenvalue weighted by atomic mass is 10.1. The smallest absolute Gasteiger partial charge is 0.171 e. The normalized spacial score (nSPS) is 11.8. The second-order valence-corrected chi connectivity index (χ2v) is 6.25. The van der Waals surface area contributed by atoms with Gasteiger partial charge in [-0.3, -0.25) is 0 Å². The van der Waals surface area contributed by atoms with Gasteiger partial charge in [-0.15, -0.1) is 0 Å². The average molecular weight is 363 g/mol. The molecule has 21 heavy (non-hydrogen) atoms. The van der Waals surface area contributed by atoms with Crippen LogP contribution in [0.15, 0.2) is 53.0 Å². The van der Waals surface area contributed by atoms with Gasteiger partial charge in [0.25, 0.3) is 0 Å². The molecule has 2 rings (SSSR count). The summed E-state index contributed by atoms with van der Waals surface area (Å²) in [4.78, 5) is 0. The summed E-state index contributed by atoms with van der Waals surface area (Å²) in [5, 5.41) is 7.18. The molecule has 2 aromatic carbocycles. The minimum absolute atomic E-state index is 0.160. The number of anilines is 1. The van der Waals surface area contributed by atoms with Gasteiger partial charge >= 0.3 is 0 Å². The first-order chi connectivity index (χ1) is 10.1. The van der Waals surface area contributed by atoms with Crippen molar-refractivity contribution in [2.24, 2.45) is 0 Å². The molecule has 1 atom stereocenters. The van der Waals surface area contributed by atoms with E-state index in [1.165, 1.54) is 11.1 Å². The zero-order valence-electron chi connectivity index (χ0n) is 12.2. The van der Waals surface area contributed by atoms with Gasteiger partial charge in [0, 0.05) is 10.2 Å². The monoisotopic (exact) mass is 362 g/mol. The maximum absolute atomic E-state index is 5.39. The van der Waals surface area contributed by atoms with Crippen LogP contribution in [0.3, 0.4) is 0 Å². The lowest BCUT2D eigenvalue weighted by molar-refractivity contribution is 0.722. The highest BCUT2D eigenvalue weighted by Gasteiger charge is 2.07. The summed E-state index contributed by atoms with van der Waals surface area (Å²) in [5.74, 6) is 0. The number of benzene rings is 2. The third kappa shape index (κ3) is 4.83. The van der Waals surface area contributed by atoms with Crippen LogP contribution in [0.4, 0.5) is 5.69 Å². The molecule has 0 aliphatic carbocycles. The zero-order valence-corrected chi connectivity index (χ0v) is 14.6. The number of nitrogens with one attached hydrogen (secondary N) is 2. The largest absolute Gasteiger partial charge is 0.356 e. The summed E-state index contributed by atoms with van der Waals surface area (Å²) in [6.07, 6.45) is 1.02. The van der Waals surface area contributed by atoms with Crippen LogP contribution in [0.25, 0.3) is 0 Å². The van der Waals surface area contributed by atoms with Crippen molar-refractivity contribution in [1.82, 2.24) is 5.32 Å². The van der Waals surface area contributed by atoms with Crippen LogP contribution < -0.4 is 10.6 Å². The van der Waals surface area contributed by atoms with Gasteiger partial charge < -0.3 is 10.6 Å². The molecular formula is C17H19BrN2S. The van der Waals surface area contributed by atoms with Crippen LogP contribution in [0.2, 0.25) is 0 Å². The van der Waals surface area contributed by atoms with Crippen molar-refractivity contribution in [2.75, 3.05) is 5.32 Å². The lowest BCUT2D eigenvalue weighted by Crippen LogP contribution is -2.30. The van der Waals surface area contributed by atoms with Crippen molar-refractivity contribution >= 4 is 38.9 Å². The third-order valence-corrected chi connectivity index (χ3v) is 4.06. The first kappa shape index (κ1) is 16.0. The summed E-state index contributed by atoms with van der Waals surface area (Å²) in [7, 11) is 0. The fourth-order valence-corrected chi connectivity index (χ4v) is 2.63. The second kappa shape index (κ2) is 7.57. The van der Waals surface area contributed by atoms with Gasteiger partial charge in [0.1, 0.15) is 0 Å². The molecule has 2 aromatic rings. The van der Waals surface area contributed by atoms with E-state index in [2.05, 4.69) is 64.7 Å². The molecule has 0 saturated heterocycles. The van der Waals surface area contributed by atoms with E-state index in [0.717, 1.165) is 16.6 Å². The standard InChI is InChI=1S/C17H19BrN2S/c1-3-13-5-4-6-16(11-13)20-17(21)19-12(2)14-7-9-15(18)10-8-14/h4-12H,3H2,1-2H3,(H2,19,20,21)/t12-/m1/s1. The number of hydrogen-bond acceptors (Lipinski definition) is 1. The van der Waals surface area contributed by atoms with E-state index in [1.54, 1.807) is 0 Å². The molecule has 0 aromatic heterocycles. The van der Waals surface area contributed by atoms with Crippen LogP contribution in [-0.4, -0.2) is 5.11 Å². The molecule has 2 nitrogen and oxygen atoms in total. The quantitative estimate of drug-likeness (QED) is 0.743. The zero-order chi connectivity index (χ0) is 15.2. The van der Waals surface area contributed by atoms with Crippen molar-refractivity contribution in [1.29, 1.82) is 0 Å². The summed E-state index contributed by atoms with van der Waals surface area (Å²) < 4.78 is 1.08. The molecule has 2 N–H and O–H groups in total. The van der Waals surface area contributed by atoms with Crippen LogP contribution in [-0.2, 0) is 6.42 Å². The predicted octanol–water partition coefficient (Wildman–Crippen LogP) is 5.06. The topological polar surface area (TPSA) is 24.1 Å². The third-order valence-electron chi connectivity index (χ3n) is 3.31.